The Hall–Kier alpha value is -2.59. The van der Waals surface area contributed by atoms with Crippen LogP contribution in [0, 0.1) is 0 Å². The maximum Gasteiger partial charge on any atom is 0.472 e. The van der Waals surface area contributed by atoms with E-state index in [9.17, 15) is 19.0 Å². The van der Waals surface area contributed by atoms with Gasteiger partial charge in [0.2, 0.25) is 0 Å². The monoisotopic (exact) mass is 906 g/mol. The second kappa shape index (κ2) is 47.4. The maximum atomic E-state index is 12.7. The minimum Gasteiger partial charge on any atom is -0.480 e. The molecule has 4 N–H and O–H groups in total. The van der Waals surface area contributed by atoms with Gasteiger partial charge in [0.1, 0.15) is 12.1 Å². The summed E-state index contributed by atoms with van der Waals surface area (Å²) in [4.78, 5) is 33.7. The van der Waals surface area contributed by atoms with Crippen LogP contribution >= 0.6 is 7.82 Å². The number of carbonyl (C=O) groups excluding carboxylic acids is 1. The lowest BCUT2D eigenvalue weighted by Gasteiger charge is -2.20. The summed E-state index contributed by atoms with van der Waals surface area (Å²) in [5, 5.41) is 8.93. The van der Waals surface area contributed by atoms with Crippen LogP contribution in [0.25, 0.3) is 0 Å². The molecule has 364 valence electrons. The van der Waals surface area contributed by atoms with Gasteiger partial charge in [0.25, 0.3) is 0 Å². The van der Waals surface area contributed by atoms with Gasteiger partial charge in [-0.2, -0.15) is 0 Å². The van der Waals surface area contributed by atoms with E-state index in [1.807, 2.05) is 0 Å². The van der Waals surface area contributed by atoms with Gasteiger partial charge in [-0.05, 0) is 83.5 Å². The summed E-state index contributed by atoms with van der Waals surface area (Å²) in [6.45, 7) is 3.74. The highest BCUT2D eigenvalue weighted by atomic mass is 31.2. The van der Waals surface area contributed by atoms with E-state index < -0.39 is 45.1 Å². The molecule has 0 spiro atoms. The van der Waals surface area contributed by atoms with Crippen molar-refractivity contribution in [2.75, 3.05) is 26.4 Å². The number of allylic oxidation sites excluding steroid dienone is 12. The fraction of sp³-hybridized carbons (Fsp3) is 0.731. The molecule has 63 heavy (non-hydrogen) atoms. The van der Waals surface area contributed by atoms with E-state index in [1.165, 1.54) is 103 Å². The average Bonchev–Trinajstić information content (AvgIpc) is 3.26. The van der Waals surface area contributed by atoms with Crippen LogP contribution in [0.3, 0.4) is 0 Å². The molecule has 11 heteroatoms. The Balaban J connectivity index is 4.19. The van der Waals surface area contributed by atoms with Crippen LogP contribution in [-0.4, -0.2) is 60.5 Å². The van der Waals surface area contributed by atoms with E-state index in [2.05, 4.69) is 86.8 Å². The Bertz CT molecular complexity index is 1280. The number of unbranched alkanes of at least 4 members (excludes halogenated alkanes) is 21. The first-order chi connectivity index (χ1) is 30.7. The van der Waals surface area contributed by atoms with Gasteiger partial charge >= 0.3 is 19.8 Å². The van der Waals surface area contributed by atoms with Gasteiger partial charge in [-0.15, -0.1) is 0 Å². The minimum absolute atomic E-state index is 0.00856. The first-order valence-electron chi connectivity index (χ1n) is 25.0. The SMILES string of the molecule is CC/C=C\C/C=C\C/C=C\C/C=C\CCCCCCCCCCC(=O)OC(COCCCCCCCCCCCC/C=C\C/C=C\CCCCC)COP(=O)(O)OCC(N)C(=O)O. The van der Waals surface area contributed by atoms with Gasteiger partial charge in [-0.3, -0.25) is 18.6 Å². The van der Waals surface area contributed by atoms with Crippen molar-refractivity contribution in [1.82, 2.24) is 0 Å². The summed E-state index contributed by atoms with van der Waals surface area (Å²) < 4.78 is 33.5. The van der Waals surface area contributed by atoms with Gasteiger partial charge in [0, 0.05) is 13.0 Å². The molecular formula is C52H92NO9P. The number of ether oxygens (including phenoxy) is 2. The van der Waals surface area contributed by atoms with Crippen molar-refractivity contribution in [1.29, 1.82) is 0 Å². The predicted octanol–water partition coefficient (Wildman–Crippen LogP) is 14.5. The summed E-state index contributed by atoms with van der Waals surface area (Å²) in [7, 11) is -4.63. The highest BCUT2D eigenvalue weighted by molar-refractivity contribution is 7.47. The third-order valence-electron chi connectivity index (χ3n) is 10.5. The molecule has 0 amide bonds. The Morgan fingerprint density at radius 1 is 0.524 bits per heavy atom. The number of carbonyl (C=O) groups is 2. The molecule has 0 aliphatic rings. The fourth-order valence-corrected chi connectivity index (χ4v) is 7.40. The quantitative estimate of drug-likeness (QED) is 0.0233. The predicted molar refractivity (Wildman–Crippen MR) is 263 cm³/mol. The van der Waals surface area contributed by atoms with Crippen molar-refractivity contribution in [3.05, 3.63) is 72.9 Å². The van der Waals surface area contributed by atoms with E-state index in [4.69, 9.17) is 29.4 Å². The number of phosphoric acid groups is 1. The fourth-order valence-electron chi connectivity index (χ4n) is 6.63. The molecule has 0 saturated heterocycles. The molecule has 3 atom stereocenters. The van der Waals surface area contributed by atoms with Gasteiger partial charge in [0.15, 0.2) is 0 Å². The number of hydrogen-bond donors (Lipinski definition) is 3. The van der Waals surface area contributed by atoms with Crippen LogP contribution in [0.1, 0.15) is 206 Å². The number of rotatable bonds is 47. The van der Waals surface area contributed by atoms with Crippen molar-refractivity contribution in [2.45, 2.75) is 219 Å². The molecule has 3 unspecified atom stereocenters. The molecule has 0 aliphatic heterocycles. The summed E-state index contributed by atoms with van der Waals surface area (Å²) in [5.74, 6) is -1.79. The minimum atomic E-state index is -4.63. The first-order valence-corrected chi connectivity index (χ1v) is 26.5. The number of hydrogen-bond acceptors (Lipinski definition) is 8. The number of carboxylic acids is 1. The number of nitrogens with two attached hydrogens (primary N) is 1. The Morgan fingerprint density at radius 3 is 1.38 bits per heavy atom. The van der Waals surface area contributed by atoms with Gasteiger partial charge in [0.05, 0.1) is 19.8 Å². The van der Waals surface area contributed by atoms with Crippen LogP contribution in [0.2, 0.25) is 0 Å². The topological polar surface area (TPSA) is 155 Å². The summed E-state index contributed by atoms with van der Waals surface area (Å²) >= 11 is 0. The highest BCUT2D eigenvalue weighted by Crippen LogP contribution is 2.43. The Morgan fingerprint density at radius 2 is 0.921 bits per heavy atom. The van der Waals surface area contributed by atoms with E-state index in [0.717, 1.165) is 77.0 Å². The average molecular weight is 906 g/mol. The van der Waals surface area contributed by atoms with Crippen molar-refractivity contribution in [2.24, 2.45) is 5.73 Å². The van der Waals surface area contributed by atoms with E-state index in [0.29, 0.717) is 13.0 Å². The van der Waals surface area contributed by atoms with Crippen LogP contribution in [0.4, 0.5) is 0 Å². The molecule has 0 aromatic heterocycles. The number of esters is 1. The largest absolute Gasteiger partial charge is 0.480 e. The van der Waals surface area contributed by atoms with E-state index in [1.54, 1.807) is 0 Å². The number of aliphatic carboxylic acids is 1. The maximum absolute atomic E-state index is 12.7. The molecule has 0 heterocycles. The lowest BCUT2D eigenvalue weighted by atomic mass is 10.1. The molecule has 10 nitrogen and oxygen atoms in total. The van der Waals surface area contributed by atoms with Gasteiger partial charge in [-0.25, -0.2) is 4.57 Å². The Labute approximate surface area is 384 Å². The van der Waals surface area contributed by atoms with Crippen molar-refractivity contribution in [3.63, 3.8) is 0 Å². The van der Waals surface area contributed by atoms with E-state index in [-0.39, 0.29) is 13.0 Å². The third-order valence-corrected chi connectivity index (χ3v) is 11.4. The zero-order valence-corrected chi connectivity index (χ0v) is 40.8. The first kappa shape index (κ1) is 60.4. The lowest BCUT2D eigenvalue weighted by molar-refractivity contribution is -0.154. The number of phosphoric ester groups is 1. The zero-order chi connectivity index (χ0) is 46.2. The van der Waals surface area contributed by atoms with Crippen LogP contribution < -0.4 is 5.73 Å². The molecule has 0 fully saturated rings. The Kier molecular flexibility index (Phi) is 45.4. The molecular weight excluding hydrogens is 814 g/mol. The zero-order valence-electron chi connectivity index (χ0n) is 39.9. The molecule has 0 aromatic rings. The normalized spacial score (nSPS) is 14.3. The highest BCUT2D eigenvalue weighted by Gasteiger charge is 2.27. The lowest BCUT2D eigenvalue weighted by Crippen LogP contribution is -2.34. The molecule has 0 radical (unpaired) electrons. The van der Waals surface area contributed by atoms with Crippen LogP contribution in [0.5, 0.6) is 0 Å². The summed E-state index contributed by atoms with van der Waals surface area (Å²) in [6, 6.07) is -1.48. The third kappa shape index (κ3) is 47.2. The molecule has 0 bridgehead atoms. The number of carboxylic acid groups (broad SMARTS) is 1. The second-order valence-electron chi connectivity index (χ2n) is 16.6. The smallest absolute Gasteiger partial charge is 0.472 e. The second-order valence-corrected chi connectivity index (χ2v) is 18.0. The molecule has 0 rings (SSSR count). The van der Waals surface area contributed by atoms with Crippen molar-refractivity contribution >= 4 is 19.8 Å². The van der Waals surface area contributed by atoms with Crippen molar-refractivity contribution in [3.8, 4) is 0 Å². The molecule has 0 aromatic carbocycles. The van der Waals surface area contributed by atoms with Gasteiger partial charge in [-0.1, -0.05) is 189 Å². The summed E-state index contributed by atoms with van der Waals surface area (Å²) in [5.41, 5.74) is 5.37. The van der Waals surface area contributed by atoms with Crippen LogP contribution in [-0.2, 0) is 32.7 Å². The van der Waals surface area contributed by atoms with Crippen molar-refractivity contribution < 1.29 is 42.7 Å². The van der Waals surface area contributed by atoms with Gasteiger partial charge < -0.3 is 25.2 Å². The summed E-state index contributed by atoms with van der Waals surface area (Å²) in [6.07, 6.45) is 59.5. The van der Waals surface area contributed by atoms with E-state index >= 15 is 0 Å². The van der Waals surface area contributed by atoms with Crippen LogP contribution in [0.15, 0.2) is 72.9 Å². The molecule has 0 aliphatic carbocycles. The standard InChI is InChI=1S/C52H92NO9P/c1-3-5-7-9-11-13-15-17-19-21-23-25-26-28-30-32-34-36-38-40-42-44-51(54)62-49(47-60-63(57,58)61-48-50(53)52(55)56)46-59-45-43-41-39-37-35-33-31-29-27-24-22-20-18-16-14-12-10-8-6-4-2/h5,7,11-14,17-20,23,25,49-50H,3-4,6,8-10,15-16,21-22,24,26-48,53H2,1-2H3,(H,55,56)(H,57,58)/b7-5-,13-11-,14-12-,19-17-,20-18-,25-23-. The molecule has 0 saturated carbocycles.